The maximum atomic E-state index is 2.23. The van der Waals surface area contributed by atoms with E-state index in [4.69, 9.17) is 0 Å². The molecule has 5 aromatic carbocycles. The third-order valence-corrected chi connectivity index (χ3v) is 6.60. The smallest absolute Gasteiger partial charge is 0.0184 e. The van der Waals surface area contributed by atoms with Crippen LogP contribution in [0.1, 0.15) is 44.5 Å². The second-order valence-electron chi connectivity index (χ2n) is 10.4. The van der Waals surface area contributed by atoms with Crippen LogP contribution in [-0.2, 0) is 12.8 Å². The highest BCUT2D eigenvalue weighted by Crippen LogP contribution is 2.19. The van der Waals surface area contributed by atoms with E-state index in [1.54, 1.807) is 0 Å². The number of rotatable bonds is 4. The van der Waals surface area contributed by atoms with E-state index in [0.717, 1.165) is 12.8 Å². The van der Waals surface area contributed by atoms with E-state index in [1.807, 2.05) is 0 Å². The molecule has 0 heteroatoms. The van der Waals surface area contributed by atoms with Crippen molar-refractivity contribution in [3.8, 4) is 11.1 Å². The molecule has 0 saturated carbocycles. The average Bonchev–Trinajstić information content (AvgIpc) is 2.93. The molecular weight excluding hydrogens is 456 g/mol. The van der Waals surface area contributed by atoms with Gasteiger partial charge in [0.25, 0.3) is 0 Å². The van der Waals surface area contributed by atoms with Crippen molar-refractivity contribution >= 4 is 0 Å². The van der Waals surface area contributed by atoms with E-state index in [1.165, 1.54) is 55.6 Å². The molecule has 5 rings (SSSR count). The van der Waals surface area contributed by atoms with Crippen LogP contribution in [0.3, 0.4) is 0 Å². The van der Waals surface area contributed by atoms with Crippen molar-refractivity contribution in [2.75, 3.05) is 0 Å². The molecular formula is C38H42. The Morgan fingerprint density at radius 1 is 0.263 bits per heavy atom. The standard InChI is InChI=1S/C16H18.C14H14.C8H10/c1-13-3-7-15(8-4-13)11-12-16-9-5-14(2)6-10-16;1-11-3-7-13(8-4-11)14-9-5-12(2)6-10-14;1-7-3-5-8(2)6-4-7/h3-10H,11-12H2,1-2H3;3-10H,1-2H3;3-6H,1-2H3. The van der Waals surface area contributed by atoms with Crippen LogP contribution < -0.4 is 0 Å². The van der Waals surface area contributed by atoms with E-state index in [2.05, 4.69) is 163 Å². The van der Waals surface area contributed by atoms with E-state index < -0.39 is 0 Å². The van der Waals surface area contributed by atoms with Crippen LogP contribution >= 0.6 is 0 Å². The summed E-state index contributed by atoms with van der Waals surface area (Å²) in [6.45, 7) is 12.7. The first kappa shape index (κ1) is 28.7. The zero-order valence-corrected chi connectivity index (χ0v) is 24.0. The van der Waals surface area contributed by atoms with E-state index in [-0.39, 0.29) is 0 Å². The van der Waals surface area contributed by atoms with Crippen LogP contribution in [0.15, 0.2) is 121 Å². The van der Waals surface area contributed by atoms with Gasteiger partial charge in [-0.3, -0.25) is 0 Å². The topological polar surface area (TPSA) is 0 Å². The zero-order valence-electron chi connectivity index (χ0n) is 24.0. The normalized spacial score (nSPS) is 10.1. The summed E-state index contributed by atoms with van der Waals surface area (Å²) in [5.41, 5.74) is 13.4. The van der Waals surface area contributed by atoms with Crippen LogP contribution in [0.25, 0.3) is 11.1 Å². The summed E-state index contributed by atoms with van der Waals surface area (Å²) in [7, 11) is 0. The molecule has 38 heavy (non-hydrogen) atoms. The molecule has 0 atom stereocenters. The molecule has 0 nitrogen and oxygen atoms in total. The average molecular weight is 499 g/mol. The summed E-state index contributed by atoms with van der Waals surface area (Å²) in [4.78, 5) is 0. The first-order valence-corrected chi connectivity index (χ1v) is 13.6. The Morgan fingerprint density at radius 3 is 0.684 bits per heavy atom. The van der Waals surface area contributed by atoms with Crippen molar-refractivity contribution in [3.05, 3.63) is 166 Å². The molecule has 0 aromatic heterocycles. The molecule has 0 radical (unpaired) electrons. The highest BCUT2D eigenvalue weighted by Gasteiger charge is 1.96. The van der Waals surface area contributed by atoms with Gasteiger partial charge in [0.15, 0.2) is 0 Å². The van der Waals surface area contributed by atoms with Gasteiger partial charge in [0.2, 0.25) is 0 Å². The van der Waals surface area contributed by atoms with Gasteiger partial charge in [-0.2, -0.15) is 0 Å². The zero-order chi connectivity index (χ0) is 27.3. The third kappa shape index (κ3) is 10.2. The van der Waals surface area contributed by atoms with Crippen molar-refractivity contribution in [2.24, 2.45) is 0 Å². The summed E-state index contributed by atoms with van der Waals surface area (Å²) in [6, 6.07) is 43.4. The quantitative estimate of drug-likeness (QED) is 0.231. The third-order valence-electron chi connectivity index (χ3n) is 6.60. The number of hydrogen-bond donors (Lipinski definition) is 0. The molecule has 0 heterocycles. The van der Waals surface area contributed by atoms with Crippen LogP contribution in [0.5, 0.6) is 0 Å². The summed E-state index contributed by atoms with van der Waals surface area (Å²) < 4.78 is 0. The van der Waals surface area contributed by atoms with Crippen molar-refractivity contribution in [1.29, 1.82) is 0 Å². The predicted molar refractivity (Wildman–Crippen MR) is 167 cm³/mol. The van der Waals surface area contributed by atoms with Crippen molar-refractivity contribution < 1.29 is 0 Å². The van der Waals surface area contributed by atoms with Gasteiger partial charge < -0.3 is 0 Å². The molecule has 0 unspecified atom stereocenters. The molecule has 0 bridgehead atoms. The fraction of sp³-hybridized carbons (Fsp3) is 0.211. The number of benzene rings is 5. The molecule has 0 spiro atoms. The minimum atomic E-state index is 1.13. The fourth-order valence-corrected chi connectivity index (χ4v) is 3.93. The van der Waals surface area contributed by atoms with Crippen LogP contribution in [0.4, 0.5) is 0 Å². The maximum absolute atomic E-state index is 2.23. The van der Waals surface area contributed by atoms with Crippen LogP contribution in [0.2, 0.25) is 0 Å². The molecule has 0 N–H and O–H groups in total. The summed E-state index contributed by atoms with van der Waals surface area (Å²) in [6.07, 6.45) is 2.26. The Hall–Kier alpha value is -3.90. The number of hydrogen-bond acceptors (Lipinski definition) is 0. The van der Waals surface area contributed by atoms with Gasteiger partial charge in [-0.25, -0.2) is 0 Å². The Morgan fingerprint density at radius 2 is 0.447 bits per heavy atom. The number of aryl methyl sites for hydroxylation is 8. The monoisotopic (exact) mass is 498 g/mol. The largest absolute Gasteiger partial charge is 0.0591 e. The summed E-state index contributed by atoms with van der Waals surface area (Å²) in [5, 5.41) is 0. The van der Waals surface area contributed by atoms with Crippen molar-refractivity contribution in [1.82, 2.24) is 0 Å². The molecule has 0 fully saturated rings. The Bertz CT molecular complexity index is 1230. The predicted octanol–water partition coefficient (Wildman–Crippen LogP) is 10.4. The highest BCUT2D eigenvalue weighted by atomic mass is 14.0. The lowest BCUT2D eigenvalue weighted by Gasteiger charge is -2.03. The van der Waals surface area contributed by atoms with Crippen molar-refractivity contribution in [3.63, 3.8) is 0 Å². The Balaban J connectivity index is 0.000000166. The van der Waals surface area contributed by atoms with Gasteiger partial charge in [0.05, 0.1) is 0 Å². The van der Waals surface area contributed by atoms with Gasteiger partial charge in [0.1, 0.15) is 0 Å². The van der Waals surface area contributed by atoms with E-state index in [0.29, 0.717) is 0 Å². The molecule has 0 aliphatic rings. The maximum Gasteiger partial charge on any atom is -0.0184 e. The lowest BCUT2D eigenvalue weighted by molar-refractivity contribution is 0.958. The first-order valence-electron chi connectivity index (χ1n) is 13.6. The van der Waals surface area contributed by atoms with Gasteiger partial charge in [-0.05, 0) is 76.6 Å². The summed E-state index contributed by atoms with van der Waals surface area (Å²) in [5.74, 6) is 0. The summed E-state index contributed by atoms with van der Waals surface area (Å²) >= 11 is 0. The van der Waals surface area contributed by atoms with Gasteiger partial charge in [-0.15, -0.1) is 0 Å². The second kappa shape index (κ2) is 14.7. The van der Waals surface area contributed by atoms with Crippen LogP contribution in [-0.4, -0.2) is 0 Å². The van der Waals surface area contributed by atoms with Crippen LogP contribution in [0, 0.1) is 41.5 Å². The second-order valence-corrected chi connectivity index (χ2v) is 10.4. The molecule has 194 valence electrons. The molecule has 0 saturated heterocycles. The lowest BCUT2D eigenvalue weighted by atomic mass is 10.0. The van der Waals surface area contributed by atoms with E-state index >= 15 is 0 Å². The molecule has 0 amide bonds. The molecule has 0 aliphatic carbocycles. The van der Waals surface area contributed by atoms with Gasteiger partial charge in [-0.1, -0.05) is 155 Å². The van der Waals surface area contributed by atoms with E-state index in [9.17, 15) is 0 Å². The minimum Gasteiger partial charge on any atom is -0.0591 e. The fourth-order valence-electron chi connectivity index (χ4n) is 3.93. The van der Waals surface area contributed by atoms with Gasteiger partial charge >= 0.3 is 0 Å². The molecule has 0 aliphatic heterocycles. The SMILES string of the molecule is Cc1ccc(-c2ccc(C)cc2)cc1.Cc1ccc(C)cc1.Cc1ccc(CCc2ccc(C)cc2)cc1. The minimum absolute atomic E-state index is 1.13. The highest BCUT2D eigenvalue weighted by molar-refractivity contribution is 5.63. The Kier molecular flexibility index (Phi) is 11.1. The lowest BCUT2D eigenvalue weighted by Crippen LogP contribution is -1.91. The Labute approximate surface area is 231 Å². The first-order chi connectivity index (χ1) is 18.3. The van der Waals surface area contributed by atoms with Gasteiger partial charge in [0, 0.05) is 0 Å². The molecule has 5 aromatic rings. The van der Waals surface area contributed by atoms with Crippen molar-refractivity contribution in [2.45, 2.75) is 54.4 Å².